The van der Waals surface area contributed by atoms with Crippen LogP contribution >= 0.6 is 12.2 Å². The molecule has 0 radical (unpaired) electrons. The summed E-state index contributed by atoms with van der Waals surface area (Å²) in [6.07, 6.45) is 3.73. The molecule has 0 saturated carbocycles. The molecule has 0 amide bonds. The maximum atomic E-state index is 5.63. The van der Waals surface area contributed by atoms with Gasteiger partial charge in [-0.15, -0.1) is 0 Å². The average Bonchev–Trinajstić information content (AvgIpc) is 2.96. The second-order valence-corrected chi connectivity index (χ2v) is 6.45. The molecule has 4 nitrogen and oxygen atoms in total. The first-order chi connectivity index (χ1) is 11.6. The molecule has 3 rings (SSSR count). The lowest BCUT2D eigenvalue weighted by Crippen LogP contribution is -2.24. The lowest BCUT2D eigenvalue weighted by molar-refractivity contribution is 0.146. The van der Waals surface area contributed by atoms with Crippen molar-refractivity contribution in [3.8, 4) is 0 Å². The predicted octanol–water partition coefficient (Wildman–Crippen LogP) is 3.91. The zero-order chi connectivity index (χ0) is 16.9. The van der Waals surface area contributed by atoms with Gasteiger partial charge in [0.2, 0.25) is 0 Å². The van der Waals surface area contributed by atoms with Crippen LogP contribution in [0.4, 0.5) is 0 Å². The Bertz CT molecular complexity index is 775. The number of ether oxygens (including phenoxy) is 1. The van der Waals surface area contributed by atoms with Crippen molar-refractivity contribution in [3.05, 3.63) is 77.0 Å². The van der Waals surface area contributed by atoms with Crippen LogP contribution in [0.25, 0.3) is 0 Å². The summed E-state index contributed by atoms with van der Waals surface area (Å²) in [6, 6.07) is 10.6. The minimum absolute atomic E-state index is 0.186. The molecule has 2 heterocycles. The highest BCUT2D eigenvalue weighted by molar-refractivity contribution is 7.71. The van der Waals surface area contributed by atoms with E-state index in [-0.39, 0.29) is 6.04 Å². The molecule has 1 aromatic heterocycles. The quantitative estimate of drug-likeness (QED) is 0.618. The van der Waals surface area contributed by atoms with Gasteiger partial charge in [0.15, 0.2) is 4.77 Å². The van der Waals surface area contributed by atoms with E-state index in [0.29, 0.717) is 12.4 Å². The first-order valence-electron chi connectivity index (χ1n) is 8.18. The maximum absolute atomic E-state index is 5.63. The maximum Gasteiger partial charge on any atom is 0.177 e. The fourth-order valence-electron chi connectivity index (χ4n) is 2.97. The Kier molecular flexibility index (Phi) is 5.33. The minimum atomic E-state index is 0.186. The number of aromatic nitrogens is 2. The van der Waals surface area contributed by atoms with Crippen molar-refractivity contribution >= 4 is 12.2 Å². The Labute approximate surface area is 147 Å². The van der Waals surface area contributed by atoms with E-state index in [9.17, 15) is 0 Å². The molecule has 0 aliphatic carbocycles. The molecule has 0 spiro atoms. The Morgan fingerprint density at radius 3 is 2.83 bits per heavy atom. The lowest BCUT2D eigenvalue weighted by atomic mass is 10.0. The Morgan fingerprint density at radius 1 is 1.29 bits per heavy atom. The van der Waals surface area contributed by atoms with Gasteiger partial charge in [0.05, 0.1) is 6.04 Å². The van der Waals surface area contributed by atoms with E-state index in [1.807, 2.05) is 12.3 Å². The molecule has 1 unspecified atom stereocenters. The van der Waals surface area contributed by atoms with Crippen LogP contribution in [0.1, 0.15) is 23.7 Å². The largest absolute Gasteiger partial charge is 0.492 e. The van der Waals surface area contributed by atoms with E-state index in [2.05, 4.69) is 52.3 Å². The highest BCUT2D eigenvalue weighted by atomic mass is 32.1. The SMILES string of the molecule is C=C1CC(n2c(CCNCc3ccccc3)c[nH]c2=S)COC1=C. The van der Waals surface area contributed by atoms with Crippen LogP contribution in [0.3, 0.4) is 0 Å². The Balaban J connectivity index is 1.60. The van der Waals surface area contributed by atoms with E-state index in [4.69, 9.17) is 17.0 Å². The molecular weight excluding hydrogens is 318 g/mol. The zero-order valence-corrected chi connectivity index (χ0v) is 14.6. The van der Waals surface area contributed by atoms with Crippen LogP contribution in [0.2, 0.25) is 0 Å². The van der Waals surface area contributed by atoms with E-state index < -0.39 is 0 Å². The standard InChI is InChI=1S/C19H23N3OS/c1-14-10-18(13-23-15(14)2)22-17(12-21-19(22)24)8-9-20-11-16-6-4-3-5-7-16/h3-7,12,18,20H,1-2,8-11,13H2,(H,21,24). The predicted molar refractivity (Wildman–Crippen MR) is 99.4 cm³/mol. The van der Waals surface area contributed by atoms with Crippen molar-refractivity contribution in [3.63, 3.8) is 0 Å². The number of rotatable bonds is 6. The van der Waals surface area contributed by atoms with Gasteiger partial charge >= 0.3 is 0 Å². The van der Waals surface area contributed by atoms with Crippen LogP contribution in [-0.4, -0.2) is 22.7 Å². The Hall–Kier alpha value is -2.11. The van der Waals surface area contributed by atoms with Gasteiger partial charge in [-0.05, 0) is 29.8 Å². The fraction of sp³-hybridized carbons (Fsp3) is 0.316. The number of aromatic amines is 1. The molecule has 1 aromatic carbocycles. The zero-order valence-electron chi connectivity index (χ0n) is 13.8. The molecule has 1 atom stereocenters. The van der Waals surface area contributed by atoms with Crippen molar-refractivity contribution in [2.24, 2.45) is 0 Å². The monoisotopic (exact) mass is 341 g/mol. The van der Waals surface area contributed by atoms with Crippen LogP contribution in [-0.2, 0) is 17.7 Å². The van der Waals surface area contributed by atoms with Crippen LogP contribution in [0.15, 0.2) is 61.0 Å². The third kappa shape index (κ3) is 3.86. The Morgan fingerprint density at radius 2 is 2.08 bits per heavy atom. The number of nitrogens with zero attached hydrogens (tertiary/aromatic N) is 1. The summed E-state index contributed by atoms with van der Waals surface area (Å²) in [5.41, 5.74) is 3.43. The highest BCUT2D eigenvalue weighted by Crippen LogP contribution is 2.29. The van der Waals surface area contributed by atoms with E-state index in [1.54, 1.807) is 0 Å². The highest BCUT2D eigenvalue weighted by Gasteiger charge is 2.23. The van der Waals surface area contributed by atoms with Crippen LogP contribution in [0.5, 0.6) is 0 Å². The van der Waals surface area contributed by atoms with E-state index in [1.165, 1.54) is 11.3 Å². The number of benzene rings is 1. The van der Waals surface area contributed by atoms with Gasteiger partial charge < -0.3 is 19.6 Å². The van der Waals surface area contributed by atoms with Gasteiger partial charge in [-0.25, -0.2) is 0 Å². The van der Waals surface area contributed by atoms with E-state index in [0.717, 1.165) is 36.3 Å². The van der Waals surface area contributed by atoms with Crippen molar-refractivity contribution < 1.29 is 4.74 Å². The van der Waals surface area contributed by atoms with Gasteiger partial charge in [-0.1, -0.05) is 43.5 Å². The number of imidazole rings is 1. The van der Waals surface area contributed by atoms with Gasteiger partial charge in [0.1, 0.15) is 12.4 Å². The molecule has 24 heavy (non-hydrogen) atoms. The first kappa shape index (κ1) is 16.7. The van der Waals surface area contributed by atoms with Crippen LogP contribution < -0.4 is 5.32 Å². The first-order valence-corrected chi connectivity index (χ1v) is 8.59. The molecule has 1 fully saturated rings. The number of allylic oxidation sites excluding steroid dienone is 1. The third-order valence-electron chi connectivity index (χ3n) is 4.31. The number of hydrogen-bond acceptors (Lipinski definition) is 3. The summed E-state index contributed by atoms with van der Waals surface area (Å²) in [7, 11) is 0. The smallest absolute Gasteiger partial charge is 0.177 e. The molecule has 5 heteroatoms. The summed E-state index contributed by atoms with van der Waals surface area (Å²) < 4.78 is 8.53. The number of hydrogen-bond donors (Lipinski definition) is 2. The molecule has 1 saturated heterocycles. The second-order valence-electron chi connectivity index (χ2n) is 6.06. The summed E-state index contributed by atoms with van der Waals surface area (Å²) in [6.45, 7) is 10.3. The summed E-state index contributed by atoms with van der Waals surface area (Å²) in [4.78, 5) is 3.16. The van der Waals surface area contributed by atoms with Gasteiger partial charge in [0.25, 0.3) is 0 Å². The topological polar surface area (TPSA) is 42.0 Å². The van der Waals surface area contributed by atoms with Crippen molar-refractivity contribution in [2.75, 3.05) is 13.2 Å². The minimum Gasteiger partial charge on any atom is -0.492 e. The molecular formula is C19H23N3OS. The molecule has 2 N–H and O–H groups in total. The van der Waals surface area contributed by atoms with Gasteiger partial charge in [-0.3, -0.25) is 0 Å². The molecule has 2 aromatic rings. The molecule has 1 aliphatic rings. The van der Waals surface area contributed by atoms with Crippen molar-refractivity contribution in [2.45, 2.75) is 25.4 Å². The molecule has 0 bridgehead atoms. The normalized spacial score (nSPS) is 17.8. The lowest BCUT2D eigenvalue weighted by Gasteiger charge is -2.28. The van der Waals surface area contributed by atoms with Crippen molar-refractivity contribution in [1.82, 2.24) is 14.9 Å². The number of nitrogens with one attached hydrogen (secondary N) is 2. The average molecular weight is 341 g/mol. The van der Waals surface area contributed by atoms with Gasteiger partial charge in [0, 0.05) is 31.4 Å². The molecule has 126 valence electrons. The fourth-order valence-corrected chi connectivity index (χ4v) is 3.30. The number of H-pyrrole nitrogens is 1. The summed E-state index contributed by atoms with van der Waals surface area (Å²) in [5, 5.41) is 3.48. The van der Waals surface area contributed by atoms with Crippen molar-refractivity contribution in [1.29, 1.82) is 0 Å². The summed E-state index contributed by atoms with van der Waals surface area (Å²) >= 11 is 5.46. The van der Waals surface area contributed by atoms with E-state index >= 15 is 0 Å². The third-order valence-corrected chi connectivity index (χ3v) is 4.63. The molecule has 1 aliphatic heterocycles. The van der Waals surface area contributed by atoms with Gasteiger partial charge in [-0.2, -0.15) is 0 Å². The summed E-state index contributed by atoms with van der Waals surface area (Å²) in [5.74, 6) is 0.694. The second kappa shape index (κ2) is 7.64. The van der Waals surface area contributed by atoms with Crippen LogP contribution in [0, 0.1) is 4.77 Å².